The molecule has 0 spiro atoms. The van der Waals surface area contributed by atoms with E-state index in [1.54, 1.807) is 6.07 Å². The van der Waals surface area contributed by atoms with Crippen LogP contribution in [0, 0.1) is 27.3 Å². The molecule has 0 unspecified atom stereocenters. The lowest BCUT2D eigenvalue weighted by Gasteiger charge is -1.96. The van der Waals surface area contributed by atoms with Crippen LogP contribution in [0.25, 0.3) is 0 Å². The third-order valence-electron chi connectivity index (χ3n) is 1.33. The zero-order valence-electron chi connectivity index (χ0n) is 6.12. The molecule has 0 bridgehead atoms. The van der Waals surface area contributed by atoms with Crippen molar-refractivity contribution in [2.75, 3.05) is 0 Å². The Hall–Kier alpha value is -1.48. The molecule has 66 valence electrons. The molecule has 0 saturated carbocycles. The van der Waals surface area contributed by atoms with Gasteiger partial charge in [0.1, 0.15) is 0 Å². The van der Waals surface area contributed by atoms with Crippen LogP contribution in [0.3, 0.4) is 0 Å². The summed E-state index contributed by atoms with van der Waals surface area (Å²) in [5, 5.41) is 18.7. The predicted octanol–water partition coefficient (Wildman–Crippen LogP) is 2.37. The van der Waals surface area contributed by atoms with E-state index in [9.17, 15) is 14.5 Å². The second-order valence-electron chi connectivity index (χ2n) is 2.16. The summed E-state index contributed by atoms with van der Waals surface area (Å²) in [5.41, 5.74) is -0.661. The van der Waals surface area contributed by atoms with E-state index in [1.807, 2.05) is 0 Å². The van der Waals surface area contributed by atoms with Crippen molar-refractivity contribution in [1.29, 1.82) is 5.26 Å². The first-order valence-electron chi connectivity index (χ1n) is 3.10. The summed E-state index contributed by atoms with van der Waals surface area (Å²) < 4.78 is 12.9. The molecule has 0 heterocycles. The number of nitriles is 1. The molecule has 0 atom stereocenters. The zero-order valence-corrected chi connectivity index (χ0v) is 7.71. The number of hydrogen-bond acceptors (Lipinski definition) is 3. The van der Waals surface area contributed by atoms with Crippen LogP contribution in [0.4, 0.5) is 10.1 Å². The second-order valence-corrected chi connectivity index (χ2v) is 3.01. The van der Waals surface area contributed by atoms with Crippen LogP contribution < -0.4 is 0 Å². The molecule has 0 saturated heterocycles. The van der Waals surface area contributed by atoms with Crippen LogP contribution in [-0.2, 0) is 0 Å². The SMILES string of the molecule is N#Cc1cc(Br)c(F)c([N+](=O)[O-])c1. The molecule has 0 fully saturated rings. The fourth-order valence-corrected chi connectivity index (χ4v) is 1.22. The Labute approximate surface area is 80.9 Å². The van der Waals surface area contributed by atoms with Crippen molar-refractivity contribution in [2.24, 2.45) is 0 Å². The Kier molecular flexibility index (Phi) is 2.58. The molecule has 0 N–H and O–H groups in total. The van der Waals surface area contributed by atoms with E-state index in [4.69, 9.17) is 5.26 Å². The molecule has 0 aliphatic rings. The summed E-state index contributed by atoms with van der Waals surface area (Å²) in [4.78, 5) is 9.40. The van der Waals surface area contributed by atoms with Gasteiger partial charge in [0.25, 0.3) is 0 Å². The van der Waals surface area contributed by atoms with E-state index in [0.29, 0.717) is 0 Å². The molecular formula is C7H2BrFN2O2. The number of nitrogens with zero attached hydrogens (tertiary/aromatic N) is 2. The molecule has 1 rings (SSSR count). The molecule has 6 heteroatoms. The summed E-state index contributed by atoms with van der Waals surface area (Å²) in [5.74, 6) is -0.969. The topological polar surface area (TPSA) is 66.9 Å². The van der Waals surface area contributed by atoms with Gasteiger partial charge in [0.15, 0.2) is 0 Å². The maximum atomic E-state index is 13.0. The summed E-state index contributed by atoms with van der Waals surface area (Å²) in [6.07, 6.45) is 0. The largest absolute Gasteiger partial charge is 0.307 e. The number of nitro groups is 1. The average molecular weight is 245 g/mol. The Morgan fingerprint density at radius 2 is 2.23 bits per heavy atom. The summed E-state index contributed by atoms with van der Waals surface area (Å²) in [6.45, 7) is 0. The molecular weight excluding hydrogens is 243 g/mol. The average Bonchev–Trinajstić information content (AvgIpc) is 2.09. The number of halogens is 2. The Bertz CT molecular complexity index is 414. The third kappa shape index (κ3) is 1.81. The molecule has 0 aliphatic carbocycles. The van der Waals surface area contributed by atoms with Gasteiger partial charge in [-0.1, -0.05) is 0 Å². The van der Waals surface area contributed by atoms with Gasteiger partial charge in [-0.3, -0.25) is 10.1 Å². The lowest BCUT2D eigenvalue weighted by molar-refractivity contribution is -0.387. The smallest absolute Gasteiger partial charge is 0.258 e. The van der Waals surface area contributed by atoms with Gasteiger partial charge >= 0.3 is 5.69 Å². The van der Waals surface area contributed by atoms with E-state index in [0.717, 1.165) is 6.07 Å². The van der Waals surface area contributed by atoms with Crippen LogP contribution in [-0.4, -0.2) is 4.92 Å². The quantitative estimate of drug-likeness (QED) is 0.563. The van der Waals surface area contributed by atoms with Crippen LogP contribution in [0.2, 0.25) is 0 Å². The first-order chi connectivity index (χ1) is 6.06. The van der Waals surface area contributed by atoms with Crippen molar-refractivity contribution in [2.45, 2.75) is 0 Å². The lowest BCUT2D eigenvalue weighted by Crippen LogP contribution is -1.94. The molecule has 0 radical (unpaired) electrons. The molecule has 13 heavy (non-hydrogen) atoms. The fraction of sp³-hybridized carbons (Fsp3) is 0. The highest BCUT2D eigenvalue weighted by Gasteiger charge is 2.18. The number of hydrogen-bond donors (Lipinski definition) is 0. The summed E-state index contributed by atoms with van der Waals surface area (Å²) in [7, 11) is 0. The van der Waals surface area contributed by atoms with Crippen LogP contribution >= 0.6 is 15.9 Å². The van der Waals surface area contributed by atoms with Crippen molar-refractivity contribution < 1.29 is 9.31 Å². The first kappa shape index (κ1) is 9.61. The van der Waals surface area contributed by atoms with Gasteiger partial charge in [0, 0.05) is 6.07 Å². The van der Waals surface area contributed by atoms with Gasteiger partial charge in [-0.2, -0.15) is 9.65 Å². The predicted molar refractivity (Wildman–Crippen MR) is 45.5 cm³/mol. The maximum absolute atomic E-state index is 13.0. The highest BCUT2D eigenvalue weighted by molar-refractivity contribution is 9.10. The first-order valence-corrected chi connectivity index (χ1v) is 3.89. The van der Waals surface area contributed by atoms with Crippen LogP contribution in [0.5, 0.6) is 0 Å². The standard InChI is InChI=1S/C7H2BrFN2O2/c8-5-1-4(3-10)2-6(7(5)9)11(12)13/h1-2H. The number of rotatable bonds is 1. The highest BCUT2D eigenvalue weighted by Crippen LogP contribution is 2.26. The van der Waals surface area contributed by atoms with Crippen molar-refractivity contribution in [3.8, 4) is 6.07 Å². The minimum atomic E-state index is -0.969. The van der Waals surface area contributed by atoms with Crippen molar-refractivity contribution >= 4 is 21.6 Å². The highest BCUT2D eigenvalue weighted by atomic mass is 79.9. The van der Waals surface area contributed by atoms with Crippen molar-refractivity contribution in [1.82, 2.24) is 0 Å². The van der Waals surface area contributed by atoms with Crippen molar-refractivity contribution in [3.63, 3.8) is 0 Å². The summed E-state index contributed by atoms with van der Waals surface area (Å²) in [6, 6.07) is 3.76. The van der Waals surface area contributed by atoms with Crippen LogP contribution in [0.15, 0.2) is 16.6 Å². The molecule has 1 aromatic carbocycles. The summed E-state index contributed by atoms with van der Waals surface area (Å²) >= 11 is 2.78. The Morgan fingerprint density at radius 1 is 1.62 bits per heavy atom. The molecule has 1 aromatic rings. The Balaban J connectivity index is 3.44. The van der Waals surface area contributed by atoms with Crippen LogP contribution in [0.1, 0.15) is 5.56 Å². The van der Waals surface area contributed by atoms with Gasteiger partial charge < -0.3 is 0 Å². The minimum absolute atomic E-state index is 0.0416. The molecule has 0 aliphatic heterocycles. The van der Waals surface area contributed by atoms with E-state index in [1.165, 1.54) is 6.07 Å². The fourth-order valence-electron chi connectivity index (χ4n) is 0.772. The maximum Gasteiger partial charge on any atom is 0.307 e. The van der Waals surface area contributed by atoms with E-state index < -0.39 is 16.4 Å². The monoisotopic (exact) mass is 244 g/mol. The molecule has 0 amide bonds. The van der Waals surface area contributed by atoms with E-state index in [-0.39, 0.29) is 10.0 Å². The van der Waals surface area contributed by atoms with Gasteiger partial charge in [0.05, 0.1) is 21.0 Å². The lowest BCUT2D eigenvalue weighted by atomic mass is 10.2. The van der Waals surface area contributed by atoms with E-state index in [2.05, 4.69) is 15.9 Å². The normalized spacial score (nSPS) is 9.31. The van der Waals surface area contributed by atoms with Gasteiger partial charge in [-0.15, -0.1) is 0 Å². The minimum Gasteiger partial charge on any atom is -0.258 e. The third-order valence-corrected chi connectivity index (χ3v) is 1.91. The number of nitro benzene ring substituents is 1. The number of benzene rings is 1. The van der Waals surface area contributed by atoms with Crippen molar-refractivity contribution in [3.05, 3.63) is 38.1 Å². The molecule has 0 aromatic heterocycles. The van der Waals surface area contributed by atoms with Gasteiger partial charge in [0.2, 0.25) is 5.82 Å². The van der Waals surface area contributed by atoms with Gasteiger partial charge in [-0.25, -0.2) is 0 Å². The zero-order chi connectivity index (χ0) is 10.0. The molecule has 4 nitrogen and oxygen atoms in total. The van der Waals surface area contributed by atoms with E-state index >= 15 is 0 Å². The Morgan fingerprint density at radius 3 is 2.69 bits per heavy atom. The van der Waals surface area contributed by atoms with Gasteiger partial charge in [-0.05, 0) is 22.0 Å². The second kappa shape index (κ2) is 3.49.